The maximum atomic E-state index is 12.3. The van der Waals surface area contributed by atoms with Gasteiger partial charge in [0.05, 0.1) is 6.61 Å². The van der Waals surface area contributed by atoms with Crippen LogP contribution in [0.1, 0.15) is 10.4 Å². The highest BCUT2D eigenvalue weighted by atomic mass is 16.5. The van der Waals surface area contributed by atoms with Crippen molar-refractivity contribution in [3.05, 3.63) is 54.1 Å². The van der Waals surface area contributed by atoms with E-state index in [4.69, 9.17) is 14.9 Å². The van der Waals surface area contributed by atoms with E-state index in [1.807, 2.05) is 12.1 Å². The second kappa shape index (κ2) is 10.2. The maximum absolute atomic E-state index is 12.3. The number of nitrogens with one attached hydrogen (secondary N) is 2. The average molecular weight is 386 g/mol. The number of ether oxygens (including phenoxy) is 1. The first-order valence-electron chi connectivity index (χ1n) is 8.60. The molecular formula is C20H22N2O6. The molecule has 1 atom stereocenters. The fraction of sp³-hybridized carbons (Fsp3) is 0.250. The van der Waals surface area contributed by atoms with Crippen molar-refractivity contribution in [1.29, 1.82) is 0 Å². The van der Waals surface area contributed by atoms with Crippen LogP contribution in [0.5, 0.6) is 5.75 Å². The van der Waals surface area contributed by atoms with E-state index in [1.165, 1.54) is 7.05 Å². The molecule has 2 rings (SSSR count). The van der Waals surface area contributed by atoms with Gasteiger partial charge in [0.15, 0.2) is 11.8 Å². The largest absolute Gasteiger partial charge is 0.491 e. The summed E-state index contributed by atoms with van der Waals surface area (Å²) in [5.41, 5.74) is 2.04. The van der Waals surface area contributed by atoms with Gasteiger partial charge in [0, 0.05) is 12.6 Å². The summed E-state index contributed by atoms with van der Waals surface area (Å²) in [6, 6.07) is 12.4. The van der Waals surface area contributed by atoms with Crippen LogP contribution in [0.25, 0.3) is 11.1 Å². The summed E-state index contributed by atoms with van der Waals surface area (Å²) < 4.78 is 5.31. The molecule has 1 unspecified atom stereocenters. The number of aliphatic hydroxyl groups is 2. The Kier molecular flexibility index (Phi) is 7.67. The lowest BCUT2D eigenvalue weighted by molar-refractivity contribution is -0.132. The summed E-state index contributed by atoms with van der Waals surface area (Å²) >= 11 is 0. The third-order valence-corrected chi connectivity index (χ3v) is 3.96. The number of carbonyl (C=O) groups excluding carboxylic acids is 3. The molecule has 0 aromatic heterocycles. The highest BCUT2D eigenvalue weighted by molar-refractivity contribution is 6.10. The van der Waals surface area contributed by atoms with E-state index in [1.54, 1.807) is 36.4 Å². The van der Waals surface area contributed by atoms with E-state index in [2.05, 4.69) is 10.6 Å². The van der Waals surface area contributed by atoms with Crippen LogP contribution in [0.3, 0.4) is 0 Å². The first-order chi connectivity index (χ1) is 13.5. The molecule has 0 fully saturated rings. The average Bonchev–Trinajstić information content (AvgIpc) is 2.75. The SMILES string of the molecule is CNC(=O)C(NC(=O)c1ccc(-c2ccc(OCCO)cc2)cc1)C(=O)CO. The third kappa shape index (κ3) is 5.38. The normalized spacial score (nSPS) is 11.4. The first kappa shape index (κ1) is 21.1. The van der Waals surface area contributed by atoms with Crippen molar-refractivity contribution in [2.45, 2.75) is 6.04 Å². The zero-order valence-corrected chi connectivity index (χ0v) is 15.3. The number of hydrogen-bond donors (Lipinski definition) is 4. The number of Topliss-reactive ketones (excluding diaryl/α,β-unsaturated/α-hetero) is 1. The molecule has 0 saturated heterocycles. The molecule has 0 aliphatic heterocycles. The minimum Gasteiger partial charge on any atom is -0.491 e. The zero-order valence-electron chi connectivity index (χ0n) is 15.3. The van der Waals surface area contributed by atoms with Crippen LogP contribution >= 0.6 is 0 Å². The molecule has 0 aliphatic carbocycles. The molecule has 0 spiro atoms. The van der Waals surface area contributed by atoms with E-state index >= 15 is 0 Å². The number of aliphatic hydroxyl groups excluding tert-OH is 2. The number of carbonyl (C=O) groups is 3. The Morgan fingerprint density at radius 1 is 0.964 bits per heavy atom. The highest BCUT2D eigenvalue weighted by Crippen LogP contribution is 2.23. The zero-order chi connectivity index (χ0) is 20.5. The van der Waals surface area contributed by atoms with E-state index in [9.17, 15) is 14.4 Å². The lowest BCUT2D eigenvalue weighted by Gasteiger charge is -2.15. The van der Waals surface area contributed by atoms with E-state index in [0.717, 1.165) is 11.1 Å². The van der Waals surface area contributed by atoms with E-state index in [-0.39, 0.29) is 18.8 Å². The Morgan fingerprint density at radius 3 is 2.04 bits per heavy atom. The summed E-state index contributed by atoms with van der Waals surface area (Å²) in [5.74, 6) is -1.46. The van der Waals surface area contributed by atoms with Crippen LogP contribution in [0.2, 0.25) is 0 Å². The number of likely N-dealkylation sites (N-methyl/N-ethyl adjacent to an activating group) is 1. The molecule has 0 heterocycles. The predicted octanol–water partition coefficient (Wildman–Crippen LogP) is 0.130. The van der Waals surface area contributed by atoms with Gasteiger partial charge in [0.1, 0.15) is 19.0 Å². The van der Waals surface area contributed by atoms with Crippen molar-refractivity contribution in [2.75, 3.05) is 26.9 Å². The molecule has 8 nitrogen and oxygen atoms in total. The molecule has 2 aromatic carbocycles. The molecule has 2 aromatic rings. The predicted molar refractivity (Wildman–Crippen MR) is 102 cm³/mol. The van der Waals surface area contributed by atoms with E-state index < -0.39 is 30.2 Å². The maximum Gasteiger partial charge on any atom is 0.252 e. The fourth-order valence-electron chi connectivity index (χ4n) is 2.46. The molecule has 28 heavy (non-hydrogen) atoms. The smallest absolute Gasteiger partial charge is 0.252 e. The standard InChI is InChI=1S/C20H22N2O6/c1-21-20(27)18(17(25)12-24)22-19(26)15-4-2-13(3-5-15)14-6-8-16(9-7-14)28-11-10-23/h2-9,18,23-24H,10-12H2,1H3,(H,21,27)(H,22,26). The van der Waals surface area contributed by atoms with Gasteiger partial charge in [-0.05, 0) is 35.4 Å². The molecule has 0 radical (unpaired) electrons. The number of rotatable bonds is 9. The summed E-state index contributed by atoms with van der Waals surface area (Å²) in [7, 11) is 1.33. The Balaban J connectivity index is 2.09. The van der Waals surface area contributed by atoms with Crippen LogP contribution in [-0.4, -0.2) is 60.7 Å². The van der Waals surface area contributed by atoms with Gasteiger partial charge in [-0.1, -0.05) is 24.3 Å². The van der Waals surface area contributed by atoms with Crippen molar-refractivity contribution in [1.82, 2.24) is 10.6 Å². The Bertz CT molecular complexity index is 802. The molecular weight excluding hydrogens is 364 g/mol. The summed E-state index contributed by atoms with van der Waals surface area (Å²) in [6.07, 6.45) is 0. The molecule has 8 heteroatoms. The molecule has 2 amide bonds. The summed E-state index contributed by atoms with van der Waals surface area (Å²) in [4.78, 5) is 35.7. The lowest BCUT2D eigenvalue weighted by atomic mass is 10.0. The highest BCUT2D eigenvalue weighted by Gasteiger charge is 2.27. The monoisotopic (exact) mass is 386 g/mol. The van der Waals surface area contributed by atoms with Crippen LogP contribution in [0, 0.1) is 0 Å². The molecule has 0 bridgehead atoms. The van der Waals surface area contributed by atoms with Gasteiger partial charge in [-0.25, -0.2) is 0 Å². The minimum absolute atomic E-state index is 0.0596. The number of benzene rings is 2. The minimum atomic E-state index is -1.45. The van der Waals surface area contributed by atoms with Crippen molar-refractivity contribution in [3.63, 3.8) is 0 Å². The quantitative estimate of drug-likeness (QED) is 0.454. The van der Waals surface area contributed by atoms with Gasteiger partial charge >= 0.3 is 0 Å². The summed E-state index contributed by atoms with van der Waals surface area (Å²) in [6.45, 7) is -0.690. The molecule has 0 aliphatic rings. The van der Waals surface area contributed by atoms with Gasteiger partial charge in [-0.3, -0.25) is 14.4 Å². The van der Waals surface area contributed by atoms with Crippen LogP contribution in [0.4, 0.5) is 0 Å². The summed E-state index contributed by atoms with van der Waals surface area (Å²) in [5, 5.41) is 22.3. The molecule has 4 N–H and O–H groups in total. The van der Waals surface area contributed by atoms with Crippen molar-refractivity contribution in [2.24, 2.45) is 0 Å². The third-order valence-electron chi connectivity index (χ3n) is 3.96. The van der Waals surface area contributed by atoms with Gasteiger partial charge in [0.25, 0.3) is 5.91 Å². The molecule has 148 valence electrons. The Hall–Kier alpha value is -3.23. The number of hydrogen-bond acceptors (Lipinski definition) is 6. The second-order valence-corrected chi connectivity index (χ2v) is 5.82. The van der Waals surface area contributed by atoms with E-state index in [0.29, 0.717) is 5.75 Å². The van der Waals surface area contributed by atoms with Gasteiger partial charge < -0.3 is 25.6 Å². The second-order valence-electron chi connectivity index (χ2n) is 5.82. The number of amides is 2. The first-order valence-corrected chi connectivity index (χ1v) is 8.60. The van der Waals surface area contributed by atoms with Gasteiger partial charge in [-0.2, -0.15) is 0 Å². The van der Waals surface area contributed by atoms with Crippen LogP contribution < -0.4 is 15.4 Å². The molecule has 0 saturated carbocycles. The Labute approximate surface area is 162 Å². The lowest BCUT2D eigenvalue weighted by Crippen LogP contribution is -2.51. The van der Waals surface area contributed by atoms with Crippen molar-refractivity contribution >= 4 is 17.6 Å². The topological polar surface area (TPSA) is 125 Å². The Morgan fingerprint density at radius 2 is 1.54 bits per heavy atom. The van der Waals surface area contributed by atoms with Crippen molar-refractivity contribution < 1.29 is 29.3 Å². The van der Waals surface area contributed by atoms with Crippen LogP contribution in [-0.2, 0) is 9.59 Å². The van der Waals surface area contributed by atoms with Gasteiger partial charge in [-0.15, -0.1) is 0 Å². The van der Waals surface area contributed by atoms with Gasteiger partial charge in [0.2, 0.25) is 5.91 Å². The fourth-order valence-corrected chi connectivity index (χ4v) is 2.46. The van der Waals surface area contributed by atoms with Crippen molar-refractivity contribution in [3.8, 4) is 16.9 Å². The number of ketones is 1. The van der Waals surface area contributed by atoms with Crippen LogP contribution in [0.15, 0.2) is 48.5 Å².